The van der Waals surface area contributed by atoms with Crippen molar-refractivity contribution in [3.63, 3.8) is 0 Å². The standard InChI is InChI=1S/C16H16N4O2/c1-12-15(20(21)22)9-10-16(18-12)19-14(8-5-11-17)13-6-3-2-4-7-13/h2-4,6-7,9-10,14H,5,8H2,1H3,(H,18,19). The van der Waals surface area contributed by atoms with E-state index in [1.807, 2.05) is 30.3 Å². The van der Waals surface area contributed by atoms with E-state index in [4.69, 9.17) is 5.26 Å². The zero-order valence-corrected chi connectivity index (χ0v) is 12.2. The summed E-state index contributed by atoms with van der Waals surface area (Å²) in [5.74, 6) is 0.565. The summed E-state index contributed by atoms with van der Waals surface area (Å²) in [6, 6.07) is 14.9. The molecule has 1 unspecified atom stereocenters. The Hall–Kier alpha value is -2.94. The number of benzene rings is 1. The Balaban J connectivity index is 2.22. The summed E-state index contributed by atoms with van der Waals surface area (Å²) in [6.07, 6.45) is 1.05. The lowest BCUT2D eigenvalue weighted by molar-refractivity contribution is -0.385. The largest absolute Gasteiger partial charge is 0.363 e. The smallest absolute Gasteiger partial charge is 0.290 e. The molecule has 1 heterocycles. The molecule has 2 aromatic rings. The molecule has 6 heteroatoms. The van der Waals surface area contributed by atoms with Gasteiger partial charge in [-0.1, -0.05) is 30.3 Å². The topological polar surface area (TPSA) is 91.8 Å². The van der Waals surface area contributed by atoms with Gasteiger partial charge >= 0.3 is 0 Å². The quantitative estimate of drug-likeness (QED) is 0.647. The van der Waals surface area contributed by atoms with Gasteiger partial charge in [-0.2, -0.15) is 5.26 Å². The number of hydrogen-bond acceptors (Lipinski definition) is 5. The summed E-state index contributed by atoms with van der Waals surface area (Å²) in [4.78, 5) is 14.6. The van der Waals surface area contributed by atoms with Crippen LogP contribution in [-0.4, -0.2) is 9.91 Å². The number of hydrogen-bond donors (Lipinski definition) is 1. The first-order chi connectivity index (χ1) is 10.6. The molecule has 0 fully saturated rings. The Morgan fingerprint density at radius 3 is 2.64 bits per heavy atom. The van der Waals surface area contributed by atoms with Crippen LogP contribution in [0.15, 0.2) is 42.5 Å². The van der Waals surface area contributed by atoms with E-state index in [-0.39, 0.29) is 11.7 Å². The molecular weight excluding hydrogens is 280 g/mol. The van der Waals surface area contributed by atoms with Gasteiger partial charge in [-0.05, 0) is 25.0 Å². The van der Waals surface area contributed by atoms with Crippen molar-refractivity contribution in [1.29, 1.82) is 5.26 Å². The van der Waals surface area contributed by atoms with Crippen molar-refractivity contribution in [2.24, 2.45) is 0 Å². The molecule has 6 nitrogen and oxygen atoms in total. The second kappa shape index (κ2) is 7.18. The van der Waals surface area contributed by atoms with E-state index in [2.05, 4.69) is 16.4 Å². The minimum absolute atomic E-state index is 0.00108. The van der Waals surface area contributed by atoms with E-state index in [1.165, 1.54) is 6.07 Å². The summed E-state index contributed by atoms with van der Waals surface area (Å²) < 4.78 is 0. The third-order valence-electron chi connectivity index (χ3n) is 3.32. The van der Waals surface area contributed by atoms with Gasteiger partial charge in [0.2, 0.25) is 0 Å². The molecule has 1 N–H and O–H groups in total. The van der Waals surface area contributed by atoms with Crippen molar-refractivity contribution in [2.45, 2.75) is 25.8 Å². The van der Waals surface area contributed by atoms with Crippen LogP contribution in [0.1, 0.15) is 30.1 Å². The highest BCUT2D eigenvalue weighted by Crippen LogP contribution is 2.25. The first-order valence-electron chi connectivity index (χ1n) is 6.92. The van der Waals surface area contributed by atoms with Gasteiger partial charge in [0, 0.05) is 12.5 Å². The van der Waals surface area contributed by atoms with Gasteiger partial charge in [-0.25, -0.2) is 4.98 Å². The molecule has 1 aromatic carbocycles. The number of anilines is 1. The SMILES string of the molecule is Cc1nc(NC(CCC#N)c2ccccc2)ccc1[N+](=O)[O-]. The molecule has 1 atom stereocenters. The zero-order valence-electron chi connectivity index (χ0n) is 12.2. The van der Waals surface area contributed by atoms with E-state index in [9.17, 15) is 10.1 Å². The summed E-state index contributed by atoms with van der Waals surface area (Å²) >= 11 is 0. The highest BCUT2D eigenvalue weighted by molar-refractivity contribution is 5.46. The third kappa shape index (κ3) is 3.79. The predicted octanol–water partition coefficient (Wildman–Crippen LogP) is 3.76. The maximum atomic E-state index is 10.8. The molecule has 22 heavy (non-hydrogen) atoms. The minimum atomic E-state index is -0.448. The van der Waals surface area contributed by atoms with Crippen LogP contribution >= 0.6 is 0 Å². The molecule has 0 aliphatic rings. The fourth-order valence-electron chi connectivity index (χ4n) is 2.22. The number of aryl methyl sites for hydroxylation is 1. The number of pyridine rings is 1. The number of nitro groups is 1. The second-order valence-electron chi connectivity index (χ2n) is 4.86. The van der Waals surface area contributed by atoms with E-state index in [1.54, 1.807) is 13.0 Å². The van der Waals surface area contributed by atoms with Gasteiger partial charge in [-0.3, -0.25) is 10.1 Å². The minimum Gasteiger partial charge on any atom is -0.363 e. The fraction of sp³-hybridized carbons (Fsp3) is 0.250. The van der Waals surface area contributed by atoms with E-state index >= 15 is 0 Å². The molecule has 0 bridgehead atoms. The molecule has 0 spiro atoms. The average molecular weight is 296 g/mol. The van der Waals surface area contributed by atoms with Gasteiger partial charge in [0.25, 0.3) is 5.69 Å². The zero-order chi connectivity index (χ0) is 15.9. The first-order valence-corrected chi connectivity index (χ1v) is 6.92. The molecule has 0 saturated carbocycles. The van der Waals surface area contributed by atoms with Crippen LogP contribution in [0.5, 0.6) is 0 Å². The van der Waals surface area contributed by atoms with Crippen LogP contribution in [-0.2, 0) is 0 Å². The maximum Gasteiger partial charge on any atom is 0.290 e. The fourth-order valence-corrected chi connectivity index (χ4v) is 2.22. The Labute approximate surface area is 128 Å². The van der Waals surface area contributed by atoms with Gasteiger partial charge in [0.1, 0.15) is 11.5 Å². The van der Waals surface area contributed by atoms with Crippen LogP contribution in [0.2, 0.25) is 0 Å². The summed E-state index contributed by atoms with van der Waals surface area (Å²) in [6.45, 7) is 1.61. The normalized spacial score (nSPS) is 11.5. The van der Waals surface area contributed by atoms with E-state index in [0.29, 0.717) is 24.4 Å². The van der Waals surface area contributed by atoms with Crippen LogP contribution < -0.4 is 5.32 Å². The van der Waals surface area contributed by atoms with Crippen LogP contribution in [0.3, 0.4) is 0 Å². The molecule has 1 aromatic heterocycles. The lowest BCUT2D eigenvalue weighted by Crippen LogP contribution is -2.12. The van der Waals surface area contributed by atoms with E-state index in [0.717, 1.165) is 5.56 Å². The van der Waals surface area contributed by atoms with Crippen molar-refractivity contribution in [3.8, 4) is 6.07 Å². The molecule has 0 aliphatic carbocycles. The van der Waals surface area contributed by atoms with Crippen molar-refractivity contribution in [3.05, 3.63) is 63.8 Å². The predicted molar refractivity (Wildman–Crippen MR) is 83.3 cm³/mol. The number of nitrogens with zero attached hydrogens (tertiary/aromatic N) is 3. The first kappa shape index (κ1) is 15.4. The Morgan fingerprint density at radius 2 is 2.05 bits per heavy atom. The summed E-state index contributed by atoms with van der Waals surface area (Å²) in [5.41, 5.74) is 1.41. The Bertz CT molecular complexity index is 695. The number of nitriles is 1. The number of nitrogens with one attached hydrogen (secondary N) is 1. The van der Waals surface area contributed by atoms with Crippen LogP contribution in [0, 0.1) is 28.4 Å². The van der Waals surface area contributed by atoms with Crippen molar-refractivity contribution in [1.82, 2.24) is 4.98 Å². The Morgan fingerprint density at radius 1 is 1.32 bits per heavy atom. The Kier molecular flexibility index (Phi) is 5.04. The van der Waals surface area contributed by atoms with Gasteiger partial charge in [0.05, 0.1) is 17.0 Å². The van der Waals surface area contributed by atoms with Gasteiger partial charge in [0.15, 0.2) is 0 Å². The molecule has 0 radical (unpaired) electrons. The lowest BCUT2D eigenvalue weighted by atomic mass is 10.0. The lowest BCUT2D eigenvalue weighted by Gasteiger charge is -2.19. The van der Waals surface area contributed by atoms with E-state index < -0.39 is 4.92 Å². The van der Waals surface area contributed by atoms with Crippen LogP contribution in [0.4, 0.5) is 11.5 Å². The monoisotopic (exact) mass is 296 g/mol. The van der Waals surface area contributed by atoms with Crippen LogP contribution in [0.25, 0.3) is 0 Å². The summed E-state index contributed by atoms with van der Waals surface area (Å²) in [7, 11) is 0. The van der Waals surface area contributed by atoms with Crippen molar-refractivity contribution >= 4 is 11.5 Å². The van der Waals surface area contributed by atoms with Gasteiger partial charge in [-0.15, -0.1) is 0 Å². The molecule has 0 saturated heterocycles. The second-order valence-corrected chi connectivity index (χ2v) is 4.86. The average Bonchev–Trinajstić information content (AvgIpc) is 2.52. The third-order valence-corrected chi connectivity index (χ3v) is 3.32. The molecule has 0 amide bonds. The van der Waals surface area contributed by atoms with Crippen molar-refractivity contribution < 1.29 is 4.92 Å². The molecular formula is C16H16N4O2. The molecule has 112 valence electrons. The highest BCUT2D eigenvalue weighted by Gasteiger charge is 2.15. The number of rotatable bonds is 6. The molecule has 0 aliphatic heterocycles. The van der Waals surface area contributed by atoms with Gasteiger partial charge < -0.3 is 5.32 Å². The highest BCUT2D eigenvalue weighted by atomic mass is 16.6. The maximum absolute atomic E-state index is 10.8. The molecule has 2 rings (SSSR count). The van der Waals surface area contributed by atoms with Crippen molar-refractivity contribution in [2.75, 3.05) is 5.32 Å². The number of aromatic nitrogens is 1. The summed E-state index contributed by atoms with van der Waals surface area (Å²) in [5, 5.41) is 22.9.